The molecule has 0 aromatic heterocycles. The number of halogens is 1. The Morgan fingerprint density at radius 2 is 2.50 bits per heavy atom. The summed E-state index contributed by atoms with van der Waals surface area (Å²) in [6.45, 7) is 1.24. The van der Waals surface area contributed by atoms with Gasteiger partial charge in [-0.15, -0.1) is 0 Å². The Bertz CT molecular complexity index is 99.6. The normalized spacial score (nSPS) is 27.6. The van der Waals surface area contributed by atoms with E-state index in [-0.39, 0.29) is 6.80 Å². The molecule has 1 aliphatic rings. The molecular weight excluding hydrogens is 133 g/mol. The molecule has 0 saturated carbocycles. The van der Waals surface area contributed by atoms with Crippen molar-refractivity contribution in [2.75, 3.05) is 27.1 Å². The van der Waals surface area contributed by atoms with Crippen molar-refractivity contribution < 1.29 is 9.13 Å². The van der Waals surface area contributed by atoms with Crippen LogP contribution in [0.5, 0.6) is 0 Å². The highest BCUT2D eigenvalue weighted by Gasteiger charge is 2.23. The molecule has 1 atom stereocenters. The number of nitrogens with zero attached hydrogens (tertiary/aromatic N) is 1. The Kier molecular flexibility index (Phi) is 3.09. The van der Waals surface area contributed by atoms with Gasteiger partial charge in [-0.1, -0.05) is 0 Å². The average Bonchev–Trinajstić information content (AvgIpc) is 2.36. The predicted octanol–water partition coefficient (Wildman–Crippen LogP) is 1.02. The summed E-state index contributed by atoms with van der Waals surface area (Å²) in [6.07, 6.45) is 2.19. The van der Waals surface area contributed by atoms with Crippen LogP contribution in [0.25, 0.3) is 0 Å². The molecule has 60 valence electrons. The third kappa shape index (κ3) is 1.67. The molecule has 0 aromatic rings. The van der Waals surface area contributed by atoms with Crippen LogP contribution in [0.4, 0.5) is 4.39 Å². The van der Waals surface area contributed by atoms with E-state index in [1.54, 1.807) is 7.11 Å². The van der Waals surface area contributed by atoms with Crippen molar-refractivity contribution in [2.24, 2.45) is 0 Å². The SMILES string of the molecule is COCC1CCCN1CF. The van der Waals surface area contributed by atoms with E-state index in [9.17, 15) is 4.39 Å². The smallest absolute Gasteiger partial charge is 0.143 e. The third-order valence-electron chi connectivity index (χ3n) is 2.01. The highest BCUT2D eigenvalue weighted by Crippen LogP contribution is 2.16. The van der Waals surface area contributed by atoms with Crippen LogP contribution in [0.15, 0.2) is 0 Å². The Hall–Kier alpha value is -0.150. The number of likely N-dealkylation sites (tertiary alicyclic amines) is 1. The Balaban J connectivity index is 2.27. The maximum atomic E-state index is 12.1. The fourth-order valence-electron chi connectivity index (χ4n) is 1.43. The molecule has 10 heavy (non-hydrogen) atoms. The van der Waals surface area contributed by atoms with Crippen molar-refractivity contribution in [1.29, 1.82) is 0 Å². The van der Waals surface area contributed by atoms with E-state index in [2.05, 4.69) is 0 Å². The van der Waals surface area contributed by atoms with Crippen molar-refractivity contribution in [1.82, 2.24) is 4.90 Å². The molecule has 1 rings (SSSR count). The lowest BCUT2D eigenvalue weighted by molar-refractivity contribution is 0.0890. The summed E-state index contributed by atoms with van der Waals surface area (Å²) in [4.78, 5) is 1.82. The van der Waals surface area contributed by atoms with Gasteiger partial charge in [-0.2, -0.15) is 0 Å². The lowest BCUT2D eigenvalue weighted by Crippen LogP contribution is -2.31. The van der Waals surface area contributed by atoms with Crippen molar-refractivity contribution in [3.05, 3.63) is 0 Å². The second-order valence-electron chi connectivity index (χ2n) is 2.68. The van der Waals surface area contributed by atoms with Gasteiger partial charge in [-0.3, -0.25) is 4.90 Å². The van der Waals surface area contributed by atoms with E-state index in [4.69, 9.17) is 4.74 Å². The maximum Gasteiger partial charge on any atom is 0.143 e. The second-order valence-corrected chi connectivity index (χ2v) is 2.68. The van der Waals surface area contributed by atoms with E-state index in [0.717, 1.165) is 19.4 Å². The van der Waals surface area contributed by atoms with Crippen LogP contribution in [0.2, 0.25) is 0 Å². The minimum atomic E-state index is -0.325. The topological polar surface area (TPSA) is 12.5 Å². The zero-order valence-electron chi connectivity index (χ0n) is 6.35. The quantitative estimate of drug-likeness (QED) is 0.553. The standard InChI is InChI=1S/C7H14FNO/c1-10-5-7-3-2-4-9(7)6-8/h7H,2-6H2,1H3. The first-order valence-electron chi connectivity index (χ1n) is 3.67. The fourth-order valence-corrected chi connectivity index (χ4v) is 1.43. The molecule has 2 nitrogen and oxygen atoms in total. The van der Waals surface area contributed by atoms with Gasteiger partial charge in [0.1, 0.15) is 6.80 Å². The number of ether oxygens (including phenoxy) is 1. The van der Waals surface area contributed by atoms with Gasteiger partial charge >= 0.3 is 0 Å². The van der Waals surface area contributed by atoms with Crippen LogP contribution in [-0.2, 0) is 4.74 Å². The zero-order valence-corrected chi connectivity index (χ0v) is 6.35. The zero-order chi connectivity index (χ0) is 7.40. The van der Waals surface area contributed by atoms with Gasteiger partial charge in [-0.05, 0) is 12.8 Å². The summed E-state index contributed by atoms with van der Waals surface area (Å²) in [5.41, 5.74) is 0. The number of methoxy groups -OCH3 is 1. The van der Waals surface area contributed by atoms with Crippen LogP contribution in [0.3, 0.4) is 0 Å². The van der Waals surface area contributed by atoms with Gasteiger partial charge in [0.15, 0.2) is 0 Å². The van der Waals surface area contributed by atoms with Gasteiger partial charge in [-0.25, -0.2) is 4.39 Å². The molecule has 0 aliphatic carbocycles. The van der Waals surface area contributed by atoms with E-state index in [0.29, 0.717) is 12.6 Å². The van der Waals surface area contributed by atoms with E-state index < -0.39 is 0 Å². The first kappa shape index (κ1) is 7.95. The average molecular weight is 147 g/mol. The third-order valence-corrected chi connectivity index (χ3v) is 2.01. The van der Waals surface area contributed by atoms with Crippen molar-refractivity contribution >= 4 is 0 Å². The molecule has 1 fully saturated rings. The van der Waals surface area contributed by atoms with Crippen LogP contribution in [0, 0.1) is 0 Å². The Morgan fingerprint density at radius 3 is 3.10 bits per heavy atom. The lowest BCUT2D eigenvalue weighted by atomic mass is 10.2. The van der Waals surface area contributed by atoms with Crippen LogP contribution >= 0.6 is 0 Å². The molecule has 0 radical (unpaired) electrons. The summed E-state index contributed by atoms with van der Waals surface area (Å²) in [5, 5.41) is 0. The number of hydrogen-bond donors (Lipinski definition) is 0. The molecule has 1 heterocycles. The Morgan fingerprint density at radius 1 is 1.70 bits per heavy atom. The van der Waals surface area contributed by atoms with Crippen LogP contribution in [0.1, 0.15) is 12.8 Å². The molecule has 0 amide bonds. The molecule has 1 saturated heterocycles. The van der Waals surface area contributed by atoms with E-state index in [1.807, 2.05) is 4.90 Å². The Labute approximate surface area is 61.0 Å². The van der Waals surface area contributed by atoms with Gasteiger partial charge in [0.05, 0.1) is 6.61 Å². The van der Waals surface area contributed by atoms with Crippen molar-refractivity contribution in [2.45, 2.75) is 18.9 Å². The van der Waals surface area contributed by atoms with E-state index >= 15 is 0 Å². The van der Waals surface area contributed by atoms with Gasteiger partial charge in [0.25, 0.3) is 0 Å². The maximum absolute atomic E-state index is 12.1. The molecule has 0 bridgehead atoms. The van der Waals surface area contributed by atoms with Crippen LogP contribution in [-0.4, -0.2) is 38.0 Å². The molecule has 1 unspecified atom stereocenters. The molecule has 0 N–H and O–H groups in total. The minimum absolute atomic E-state index is 0.325. The monoisotopic (exact) mass is 147 g/mol. The highest BCUT2D eigenvalue weighted by molar-refractivity contribution is 4.76. The summed E-state index contributed by atoms with van der Waals surface area (Å²) >= 11 is 0. The first-order chi connectivity index (χ1) is 4.88. The number of hydrogen-bond acceptors (Lipinski definition) is 2. The van der Waals surface area contributed by atoms with Gasteiger partial charge in [0, 0.05) is 19.7 Å². The van der Waals surface area contributed by atoms with Gasteiger partial charge in [0.2, 0.25) is 0 Å². The highest BCUT2D eigenvalue weighted by atomic mass is 19.1. The largest absolute Gasteiger partial charge is 0.383 e. The molecule has 0 aromatic carbocycles. The lowest BCUT2D eigenvalue weighted by Gasteiger charge is -2.19. The molecule has 1 aliphatic heterocycles. The van der Waals surface area contributed by atoms with Gasteiger partial charge < -0.3 is 4.74 Å². The fraction of sp³-hybridized carbons (Fsp3) is 1.00. The molecular formula is C7H14FNO. The summed E-state index contributed by atoms with van der Waals surface area (Å²) < 4.78 is 17.1. The van der Waals surface area contributed by atoms with E-state index in [1.165, 1.54) is 0 Å². The summed E-state index contributed by atoms with van der Waals surface area (Å²) in [5.74, 6) is 0. The van der Waals surface area contributed by atoms with Crippen molar-refractivity contribution in [3.8, 4) is 0 Å². The molecule has 3 heteroatoms. The number of alkyl halides is 1. The second kappa shape index (κ2) is 3.88. The van der Waals surface area contributed by atoms with Crippen LogP contribution < -0.4 is 0 Å². The van der Waals surface area contributed by atoms with Crippen molar-refractivity contribution in [3.63, 3.8) is 0 Å². The minimum Gasteiger partial charge on any atom is -0.383 e. The predicted molar refractivity (Wildman–Crippen MR) is 37.6 cm³/mol. The number of rotatable bonds is 3. The first-order valence-corrected chi connectivity index (χ1v) is 3.67. The molecule has 0 spiro atoms. The summed E-state index contributed by atoms with van der Waals surface area (Å²) in [7, 11) is 1.66. The summed E-state index contributed by atoms with van der Waals surface area (Å²) in [6, 6.07) is 0.329.